The fourth-order valence-corrected chi connectivity index (χ4v) is 1.74. The molecule has 0 atom stereocenters. The molecule has 0 unspecified atom stereocenters. The van der Waals surface area contributed by atoms with Gasteiger partial charge in [0.25, 0.3) is 0 Å². The SMILES string of the molecule is CC(=CN(C)C)c1ccnc(Nc2ccccc2)n1. The van der Waals surface area contributed by atoms with Crippen LogP contribution in [0.25, 0.3) is 5.57 Å². The van der Waals surface area contributed by atoms with Crippen molar-refractivity contribution in [1.82, 2.24) is 14.9 Å². The van der Waals surface area contributed by atoms with E-state index in [-0.39, 0.29) is 0 Å². The Morgan fingerprint density at radius 2 is 1.89 bits per heavy atom. The van der Waals surface area contributed by atoms with Crippen LogP contribution in [-0.4, -0.2) is 29.0 Å². The van der Waals surface area contributed by atoms with Gasteiger partial charge >= 0.3 is 0 Å². The third-order valence-corrected chi connectivity index (χ3v) is 2.54. The molecule has 2 rings (SSSR count). The highest BCUT2D eigenvalue weighted by Gasteiger charge is 2.02. The first-order chi connectivity index (χ1) is 9.15. The first-order valence-electron chi connectivity index (χ1n) is 6.15. The maximum atomic E-state index is 4.50. The van der Waals surface area contributed by atoms with Crippen molar-refractivity contribution in [3.8, 4) is 0 Å². The Morgan fingerprint density at radius 1 is 1.16 bits per heavy atom. The molecule has 0 radical (unpaired) electrons. The van der Waals surface area contributed by atoms with E-state index in [1.54, 1.807) is 6.20 Å². The Labute approximate surface area is 113 Å². The topological polar surface area (TPSA) is 41.1 Å². The molecular weight excluding hydrogens is 236 g/mol. The highest BCUT2D eigenvalue weighted by Crippen LogP contribution is 2.15. The smallest absolute Gasteiger partial charge is 0.227 e. The Balaban J connectivity index is 2.20. The lowest BCUT2D eigenvalue weighted by Gasteiger charge is -2.09. The average molecular weight is 254 g/mol. The second-order valence-corrected chi connectivity index (χ2v) is 4.53. The summed E-state index contributed by atoms with van der Waals surface area (Å²) in [7, 11) is 3.99. The molecule has 98 valence electrons. The van der Waals surface area contributed by atoms with Crippen molar-refractivity contribution in [1.29, 1.82) is 0 Å². The zero-order valence-corrected chi connectivity index (χ0v) is 11.5. The summed E-state index contributed by atoms with van der Waals surface area (Å²) in [5.41, 5.74) is 3.00. The number of hydrogen-bond donors (Lipinski definition) is 1. The summed E-state index contributed by atoms with van der Waals surface area (Å²) in [5, 5.41) is 3.19. The van der Waals surface area contributed by atoms with Gasteiger partial charge in [-0.2, -0.15) is 0 Å². The molecule has 0 fully saturated rings. The summed E-state index contributed by atoms with van der Waals surface area (Å²) in [6, 6.07) is 11.8. The van der Waals surface area contributed by atoms with Crippen LogP contribution >= 0.6 is 0 Å². The van der Waals surface area contributed by atoms with Crippen molar-refractivity contribution in [2.24, 2.45) is 0 Å². The number of anilines is 2. The van der Waals surface area contributed by atoms with Crippen LogP contribution in [0.1, 0.15) is 12.6 Å². The predicted octanol–water partition coefficient (Wildman–Crippen LogP) is 3.14. The van der Waals surface area contributed by atoms with Gasteiger partial charge in [-0.15, -0.1) is 0 Å². The van der Waals surface area contributed by atoms with Gasteiger partial charge in [-0.05, 0) is 30.7 Å². The highest BCUT2D eigenvalue weighted by atomic mass is 15.1. The van der Waals surface area contributed by atoms with E-state index in [9.17, 15) is 0 Å². The molecule has 2 aromatic rings. The van der Waals surface area contributed by atoms with Crippen LogP contribution in [0.3, 0.4) is 0 Å². The third-order valence-electron chi connectivity index (χ3n) is 2.54. The molecular formula is C15H18N4. The molecule has 0 aliphatic carbocycles. The van der Waals surface area contributed by atoms with Gasteiger partial charge in [0.05, 0.1) is 5.69 Å². The summed E-state index contributed by atoms with van der Waals surface area (Å²) >= 11 is 0. The zero-order valence-electron chi connectivity index (χ0n) is 11.5. The molecule has 0 saturated carbocycles. The minimum Gasteiger partial charge on any atom is -0.383 e. The van der Waals surface area contributed by atoms with Gasteiger partial charge in [-0.3, -0.25) is 0 Å². The quantitative estimate of drug-likeness (QED) is 0.910. The van der Waals surface area contributed by atoms with Crippen molar-refractivity contribution in [3.05, 3.63) is 54.5 Å². The monoisotopic (exact) mass is 254 g/mol. The van der Waals surface area contributed by atoms with Crippen LogP contribution < -0.4 is 5.32 Å². The summed E-state index contributed by atoms with van der Waals surface area (Å²) < 4.78 is 0. The molecule has 4 nitrogen and oxygen atoms in total. The first-order valence-corrected chi connectivity index (χ1v) is 6.15. The van der Waals surface area contributed by atoms with Gasteiger partial charge in [0.15, 0.2) is 0 Å². The highest BCUT2D eigenvalue weighted by molar-refractivity contribution is 5.62. The van der Waals surface area contributed by atoms with Crippen molar-refractivity contribution in [3.63, 3.8) is 0 Å². The molecule has 4 heteroatoms. The third kappa shape index (κ3) is 3.81. The van der Waals surface area contributed by atoms with Crippen molar-refractivity contribution in [2.75, 3.05) is 19.4 Å². The van der Waals surface area contributed by atoms with E-state index in [0.29, 0.717) is 5.95 Å². The Kier molecular flexibility index (Phi) is 4.13. The van der Waals surface area contributed by atoms with Crippen molar-refractivity contribution < 1.29 is 0 Å². The normalized spacial score (nSPS) is 11.2. The summed E-state index contributed by atoms with van der Waals surface area (Å²) in [6.45, 7) is 2.04. The zero-order chi connectivity index (χ0) is 13.7. The predicted molar refractivity (Wildman–Crippen MR) is 79.1 cm³/mol. The van der Waals surface area contributed by atoms with Gasteiger partial charge in [0, 0.05) is 32.2 Å². The van der Waals surface area contributed by atoms with E-state index in [1.807, 2.05) is 68.5 Å². The van der Waals surface area contributed by atoms with Gasteiger partial charge in [0.2, 0.25) is 5.95 Å². The average Bonchev–Trinajstić information content (AvgIpc) is 2.39. The van der Waals surface area contributed by atoms with Crippen LogP contribution in [-0.2, 0) is 0 Å². The Hall–Kier alpha value is -2.36. The molecule has 19 heavy (non-hydrogen) atoms. The number of para-hydroxylation sites is 1. The number of benzene rings is 1. The lowest BCUT2D eigenvalue weighted by Crippen LogP contribution is -2.03. The van der Waals surface area contributed by atoms with Gasteiger partial charge in [-0.25, -0.2) is 9.97 Å². The molecule has 0 amide bonds. The fourth-order valence-electron chi connectivity index (χ4n) is 1.74. The summed E-state index contributed by atoms with van der Waals surface area (Å²) in [5.74, 6) is 0.607. The van der Waals surface area contributed by atoms with Gasteiger partial charge < -0.3 is 10.2 Å². The molecule has 0 saturated heterocycles. The molecule has 0 bridgehead atoms. The maximum absolute atomic E-state index is 4.50. The van der Waals surface area contributed by atoms with Crippen LogP contribution in [0.4, 0.5) is 11.6 Å². The minimum atomic E-state index is 0.607. The molecule has 1 aromatic heterocycles. The van der Waals surface area contributed by atoms with Gasteiger partial charge in [-0.1, -0.05) is 18.2 Å². The summed E-state index contributed by atoms with van der Waals surface area (Å²) in [6.07, 6.45) is 3.80. The number of aromatic nitrogens is 2. The van der Waals surface area contributed by atoms with Crippen LogP contribution in [0.2, 0.25) is 0 Å². The van der Waals surface area contributed by atoms with E-state index in [4.69, 9.17) is 0 Å². The standard InChI is InChI=1S/C15H18N4/c1-12(11-19(2)3)14-9-10-16-15(18-14)17-13-7-5-4-6-8-13/h4-11H,1-3H3,(H,16,17,18). The number of hydrogen-bond acceptors (Lipinski definition) is 4. The van der Waals surface area contributed by atoms with Crippen LogP contribution in [0.15, 0.2) is 48.8 Å². The molecule has 0 spiro atoms. The number of nitrogens with zero attached hydrogens (tertiary/aromatic N) is 3. The molecule has 1 aromatic carbocycles. The van der Waals surface area contributed by atoms with Crippen LogP contribution in [0, 0.1) is 0 Å². The fraction of sp³-hybridized carbons (Fsp3) is 0.200. The Bertz CT molecular complexity index is 561. The minimum absolute atomic E-state index is 0.607. The number of allylic oxidation sites excluding steroid dienone is 1. The lowest BCUT2D eigenvalue weighted by molar-refractivity contribution is 0.565. The molecule has 0 aliphatic heterocycles. The number of nitrogens with one attached hydrogen (secondary N) is 1. The molecule has 0 aliphatic rings. The number of rotatable bonds is 4. The van der Waals surface area contributed by atoms with E-state index < -0.39 is 0 Å². The molecule has 1 heterocycles. The maximum Gasteiger partial charge on any atom is 0.227 e. The first kappa shape index (κ1) is 13.1. The van der Waals surface area contributed by atoms with Gasteiger partial charge in [0.1, 0.15) is 0 Å². The second kappa shape index (κ2) is 6.00. The van der Waals surface area contributed by atoms with Crippen molar-refractivity contribution >= 4 is 17.2 Å². The van der Waals surface area contributed by atoms with E-state index >= 15 is 0 Å². The molecule has 1 N–H and O–H groups in total. The van der Waals surface area contributed by atoms with E-state index in [0.717, 1.165) is 17.0 Å². The van der Waals surface area contributed by atoms with Crippen molar-refractivity contribution in [2.45, 2.75) is 6.92 Å². The van der Waals surface area contributed by atoms with E-state index in [1.165, 1.54) is 0 Å². The van der Waals surface area contributed by atoms with Crippen LogP contribution in [0.5, 0.6) is 0 Å². The summed E-state index contributed by atoms with van der Waals surface area (Å²) in [4.78, 5) is 10.7. The largest absolute Gasteiger partial charge is 0.383 e. The Morgan fingerprint density at radius 3 is 2.58 bits per heavy atom. The second-order valence-electron chi connectivity index (χ2n) is 4.53. The lowest BCUT2D eigenvalue weighted by atomic mass is 10.2. The van der Waals surface area contributed by atoms with E-state index in [2.05, 4.69) is 15.3 Å².